The predicted molar refractivity (Wildman–Crippen MR) is 286 cm³/mol. The Morgan fingerprint density at radius 2 is 0.485 bits per heavy atom. The Kier molecular flexibility index (Phi) is 8.84. The van der Waals surface area contributed by atoms with E-state index in [0.29, 0.717) is 0 Å². The second kappa shape index (κ2) is 14.8. The quantitative estimate of drug-likeness (QED) is 0.149. The summed E-state index contributed by atoms with van der Waals surface area (Å²) >= 11 is 0. The molecule has 12 aromatic rings. The van der Waals surface area contributed by atoms with Crippen LogP contribution < -0.4 is 31.8 Å². The Hall–Kier alpha value is -6.93. The molecule has 0 amide bonds. The zero-order valence-electron chi connectivity index (χ0n) is 36.8. The van der Waals surface area contributed by atoms with E-state index in [9.17, 15) is 0 Å². The fourth-order valence-corrected chi connectivity index (χ4v) is 25.9. The largest absolute Gasteiger partial charge is 0.344 e. The van der Waals surface area contributed by atoms with Gasteiger partial charge in [-0.25, -0.2) is 13.5 Å². The summed E-state index contributed by atoms with van der Waals surface area (Å²) in [5.41, 5.74) is 7.16. The molecule has 318 valence electrons. The first-order valence-electron chi connectivity index (χ1n) is 22.4. The molecule has 0 fully saturated rings. The molecule has 4 heterocycles. The topological polar surface area (TPSA) is 51.9 Å². The van der Waals surface area contributed by atoms with Gasteiger partial charge in [-0.05, 0) is 72.8 Å². The third-order valence-corrected chi connectivity index (χ3v) is 26.2. The van der Waals surface area contributed by atoms with Gasteiger partial charge in [0, 0.05) is 118 Å². The molecular weight excluding hydrogens is 862 g/mol. The third-order valence-electron chi connectivity index (χ3n) is 13.9. The van der Waals surface area contributed by atoms with Gasteiger partial charge in [0.2, 0.25) is 0 Å². The molecule has 0 saturated carbocycles. The first-order valence-corrected chi connectivity index (χ1v) is 27.5. The van der Waals surface area contributed by atoms with E-state index in [-0.39, 0.29) is 0 Å². The van der Waals surface area contributed by atoms with Gasteiger partial charge in [-0.1, -0.05) is 146 Å². The molecule has 0 atom stereocenters. The van der Waals surface area contributed by atoms with Gasteiger partial charge < -0.3 is 13.7 Å². The molecule has 1 aliphatic rings. The Morgan fingerprint density at radius 1 is 0.242 bits per heavy atom. The van der Waals surface area contributed by atoms with Crippen LogP contribution >= 0.6 is 21.6 Å². The van der Waals surface area contributed by atoms with Crippen LogP contribution in [0.5, 0.6) is 0 Å². The van der Waals surface area contributed by atoms with Crippen LogP contribution in [0.3, 0.4) is 0 Å². The summed E-state index contributed by atoms with van der Waals surface area (Å²) in [5.74, 6) is 0. The summed E-state index contributed by atoms with van der Waals surface area (Å²) in [7, 11) is -2.92. The van der Waals surface area contributed by atoms with Crippen LogP contribution in [0.2, 0.25) is 0 Å². The molecule has 0 saturated heterocycles. The lowest BCUT2D eigenvalue weighted by atomic mass is 10.1. The maximum Gasteiger partial charge on any atom is 0.138 e. The van der Waals surface area contributed by atoms with Crippen molar-refractivity contribution >= 4 is 119 Å². The van der Waals surface area contributed by atoms with Gasteiger partial charge in [-0.2, -0.15) is 0 Å². The van der Waals surface area contributed by atoms with Crippen LogP contribution in [0, 0.1) is 0 Å². The SMILES string of the molecule is Cn1c2ccccc2c2cc(P3(c4ccccc4)=NP(c4ccccc4)(c4ccc5c(c4)c4ccccc4n5C)=NP(c4ccccc4)(c4ccc5c(c4)c4ccccc4n5C)=N3)ccc21. The first kappa shape index (κ1) is 39.4. The maximum absolute atomic E-state index is 6.57. The number of aromatic nitrogens is 3. The standard InChI is InChI=1S/C57H45N6P3/c1-61-52-28-16-13-25-46(52)49-37-43(31-34-55(49)61)64(40-19-7-4-8-20-40)58-65(41-21-9-5-10-22-41,44-32-35-56-50(38-44)47-26-14-17-29-53(47)62(56)2)60-66(59-64,42-23-11-6-12-24-42)45-33-36-57-51(39-45)48-27-15-18-30-54(48)63(57)3/h4-39H,1-3H3. The van der Waals surface area contributed by atoms with E-state index in [1.807, 2.05) is 0 Å². The minimum absolute atomic E-state index is 1.12. The van der Waals surface area contributed by atoms with Gasteiger partial charge in [-0.15, -0.1) is 0 Å². The summed E-state index contributed by atoms with van der Waals surface area (Å²) < 4.78 is 26.7. The summed E-state index contributed by atoms with van der Waals surface area (Å²) in [6, 6.07) is 80.5. The van der Waals surface area contributed by atoms with Crippen molar-refractivity contribution in [1.82, 2.24) is 13.7 Å². The monoisotopic (exact) mass is 906 g/mol. The summed E-state index contributed by atoms with van der Waals surface area (Å²) in [4.78, 5) is 0. The number of hydrogen-bond donors (Lipinski definition) is 0. The lowest BCUT2D eigenvalue weighted by molar-refractivity contribution is 1.01. The highest BCUT2D eigenvalue weighted by molar-refractivity contribution is 8.00. The lowest BCUT2D eigenvalue weighted by Crippen LogP contribution is -2.25. The Morgan fingerprint density at radius 3 is 0.773 bits per heavy atom. The molecule has 0 bridgehead atoms. The Bertz CT molecular complexity index is 3680. The zero-order valence-corrected chi connectivity index (χ0v) is 39.5. The molecule has 1 aliphatic heterocycles. The fourth-order valence-electron chi connectivity index (χ4n) is 10.6. The van der Waals surface area contributed by atoms with E-state index in [1.165, 1.54) is 65.4 Å². The van der Waals surface area contributed by atoms with Crippen molar-refractivity contribution in [2.75, 3.05) is 0 Å². The number of benzene rings is 9. The molecule has 9 heteroatoms. The highest BCUT2D eigenvalue weighted by Gasteiger charge is 2.43. The van der Waals surface area contributed by atoms with E-state index in [1.54, 1.807) is 0 Å². The van der Waals surface area contributed by atoms with Crippen LogP contribution in [0.15, 0.2) is 232 Å². The van der Waals surface area contributed by atoms with E-state index in [4.69, 9.17) is 13.5 Å². The van der Waals surface area contributed by atoms with Gasteiger partial charge in [0.05, 0.1) is 0 Å². The molecule has 0 unspecified atom stereocenters. The third kappa shape index (κ3) is 5.60. The molecular formula is C57H45N6P3. The van der Waals surface area contributed by atoms with Gasteiger partial charge in [0.1, 0.15) is 21.6 Å². The minimum atomic E-state index is -3.14. The van der Waals surface area contributed by atoms with Crippen molar-refractivity contribution in [2.45, 2.75) is 0 Å². The van der Waals surface area contributed by atoms with Crippen LogP contribution in [-0.4, -0.2) is 13.7 Å². The molecule has 3 aromatic heterocycles. The van der Waals surface area contributed by atoms with Crippen LogP contribution in [0.1, 0.15) is 0 Å². The molecule has 6 nitrogen and oxygen atoms in total. The highest BCUT2D eigenvalue weighted by Crippen LogP contribution is 2.76. The maximum atomic E-state index is 6.57. The molecule has 9 aromatic carbocycles. The average molecular weight is 907 g/mol. The van der Waals surface area contributed by atoms with Gasteiger partial charge in [0.25, 0.3) is 0 Å². The Balaban J connectivity index is 1.28. The van der Waals surface area contributed by atoms with E-state index in [0.717, 1.165) is 31.8 Å². The summed E-state index contributed by atoms with van der Waals surface area (Å²) in [6.07, 6.45) is 0. The Labute approximate surface area is 383 Å². The van der Waals surface area contributed by atoms with Crippen molar-refractivity contribution in [3.63, 3.8) is 0 Å². The highest BCUT2D eigenvalue weighted by atomic mass is 31.3. The van der Waals surface area contributed by atoms with Crippen molar-refractivity contribution in [3.8, 4) is 0 Å². The van der Waals surface area contributed by atoms with E-state index in [2.05, 4.69) is 253 Å². The summed E-state index contributed by atoms with van der Waals surface area (Å²) in [6.45, 7) is 0. The van der Waals surface area contributed by atoms with E-state index >= 15 is 0 Å². The van der Waals surface area contributed by atoms with Crippen LogP contribution in [-0.2, 0) is 21.1 Å². The normalized spacial score (nSPS) is 19.7. The van der Waals surface area contributed by atoms with Gasteiger partial charge in [-0.3, -0.25) is 0 Å². The molecule has 0 N–H and O–H groups in total. The number of hydrogen-bond acceptors (Lipinski definition) is 3. The van der Waals surface area contributed by atoms with Gasteiger partial charge in [0.15, 0.2) is 0 Å². The molecule has 0 aliphatic carbocycles. The van der Waals surface area contributed by atoms with Crippen molar-refractivity contribution in [2.24, 2.45) is 34.7 Å². The van der Waals surface area contributed by atoms with Gasteiger partial charge >= 0.3 is 0 Å². The van der Waals surface area contributed by atoms with Crippen molar-refractivity contribution in [1.29, 1.82) is 0 Å². The number of rotatable bonds is 6. The van der Waals surface area contributed by atoms with Crippen molar-refractivity contribution < 1.29 is 0 Å². The lowest BCUT2D eigenvalue weighted by Gasteiger charge is -2.38. The summed E-state index contributed by atoms with van der Waals surface area (Å²) in [5, 5.41) is 14.0. The number of aryl methyl sites for hydroxylation is 3. The second-order valence-corrected chi connectivity index (χ2v) is 26.3. The average Bonchev–Trinajstić information content (AvgIpc) is 3.96. The van der Waals surface area contributed by atoms with Crippen LogP contribution in [0.4, 0.5) is 0 Å². The fraction of sp³-hybridized carbons (Fsp3) is 0.0526. The number of para-hydroxylation sites is 3. The zero-order chi connectivity index (χ0) is 44.2. The number of nitrogens with zero attached hydrogens (tertiary/aromatic N) is 6. The predicted octanol–water partition coefficient (Wildman–Crippen LogP) is 13.2. The minimum Gasteiger partial charge on any atom is -0.344 e. The van der Waals surface area contributed by atoms with E-state index < -0.39 is 21.6 Å². The second-order valence-electron chi connectivity index (χ2n) is 17.4. The molecule has 0 radical (unpaired) electrons. The smallest absolute Gasteiger partial charge is 0.138 e. The molecule has 13 rings (SSSR count). The first-order chi connectivity index (χ1) is 32.4. The van der Waals surface area contributed by atoms with Crippen molar-refractivity contribution in [3.05, 3.63) is 218 Å². The molecule has 0 spiro atoms. The number of fused-ring (bicyclic) bond motifs is 9. The molecule has 66 heavy (non-hydrogen) atoms. The van der Waals surface area contributed by atoms with Crippen LogP contribution in [0.25, 0.3) is 65.4 Å².